The number of carbonyl (C=O) groups is 2. The molecule has 1 saturated heterocycles. The van der Waals surface area contributed by atoms with E-state index in [9.17, 15) is 14.0 Å². The van der Waals surface area contributed by atoms with E-state index < -0.39 is 0 Å². The Kier molecular flexibility index (Phi) is 4.85. The average Bonchev–Trinajstić information content (AvgIpc) is 2.69. The molecule has 0 aromatic heterocycles. The zero-order valence-electron chi connectivity index (χ0n) is 16.9. The van der Waals surface area contributed by atoms with E-state index in [4.69, 9.17) is 0 Å². The van der Waals surface area contributed by atoms with E-state index in [1.54, 1.807) is 12.1 Å². The third-order valence-corrected chi connectivity index (χ3v) is 7.65. The Balaban J connectivity index is 1.13. The SMILES string of the molecule is O=C(CN1CCN(C(=O)C23CC4CC(CC(C4)C2)C3)CC1)Nc1ccc(F)cc1. The quantitative estimate of drug-likeness (QED) is 0.846. The topological polar surface area (TPSA) is 52.7 Å². The number of amides is 2. The zero-order valence-corrected chi connectivity index (χ0v) is 16.9. The Labute approximate surface area is 171 Å². The molecule has 1 N–H and O–H groups in total. The molecule has 5 nitrogen and oxygen atoms in total. The summed E-state index contributed by atoms with van der Waals surface area (Å²) in [5.74, 6) is 2.32. The number of nitrogens with one attached hydrogen (secondary N) is 1. The molecule has 4 bridgehead atoms. The Bertz CT molecular complexity index is 751. The Morgan fingerprint density at radius 3 is 2.03 bits per heavy atom. The fourth-order valence-corrected chi connectivity index (χ4v) is 6.75. The maximum atomic E-state index is 13.4. The van der Waals surface area contributed by atoms with Crippen LogP contribution in [0.25, 0.3) is 0 Å². The van der Waals surface area contributed by atoms with Crippen molar-refractivity contribution in [3.8, 4) is 0 Å². The van der Waals surface area contributed by atoms with E-state index >= 15 is 0 Å². The van der Waals surface area contributed by atoms with Crippen molar-refractivity contribution < 1.29 is 14.0 Å². The van der Waals surface area contributed by atoms with Crippen LogP contribution in [0.15, 0.2) is 24.3 Å². The first-order valence-corrected chi connectivity index (χ1v) is 11.1. The van der Waals surface area contributed by atoms with Gasteiger partial charge in [0.1, 0.15) is 5.82 Å². The molecular formula is C23H30FN3O2. The molecule has 4 aliphatic carbocycles. The molecule has 0 unspecified atom stereocenters. The highest BCUT2D eigenvalue weighted by Gasteiger charge is 2.55. The first-order chi connectivity index (χ1) is 14.0. The van der Waals surface area contributed by atoms with Crippen LogP contribution >= 0.6 is 0 Å². The Hall–Kier alpha value is -1.95. The van der Waals surface area contributed by atoms with E-state index in [0.717, 1.165) is 50.1 Å². The lowest BCUT2D eigenvalue weighted by Gasteiger charge is -2.57. The molecule has 5 fully saturated rings. The summed E-state index contributed by atoms with van der Waals surface area (Å²) in [6.45, 7) is 3.19. The Morgan fingerprint density at radius 1 is 0.931 bits per heavy atom. The largest absolute Gasteiger partial charge is 0.340 e. The highest BCUT2D eigenvalue weighted by molar-refractivity contribution is 5.92. The number of piperazine rings is 1. The van der Waals surface area contributed by atoms with Crippen molar-refractivity contribution in [1.29, 1.82) is 0 Å². The fourth-order valence-electron chi connectivity index (χ4n) is 6.75. The Morgan fingerprint density at radius 2 is 1.48 bits per heavy atom. The van der Waals surface area contributed by atoms with Crippen molar-refractivity contribution in [2.75, 3.05) is 38.0 Å². The van der Waals surface area contributed by atoms with Gasteiger partial charge in [0.25, 0.3) is 0 Å². The normalized spacial score (nSPS) is 33.7. The van der Waals surface area contributed by atoms with E-state index in [0.29, 0.717) is 31.2 Å². The number of nitrogens with zero attached hydrogens (tertiary/aromatic N) is 2. The summed E-state index contributed by atoms with van der Waals surface area (Å²) < 4.78 is 13.0. The minimum atomic E-state index is -0.317. The summed E-state index contributed by atoms with van der Waals surface area (Å²) in [5, 5.41) is 2.81. The predicted octanol–water partition coefficient (Wildman–Crippen LogP) is 3.12. The van der Waals surface area contributed by atoms with Gasteiger partial charge in [-0.2, -0.15) is 0 Å². The van der Waals surface area contributed by atoms with Gasteiger partial charge in [0.05, 0.1) is 12.0 Å². The second-order valence-corrected chi connectivity index (χ2v) is 9.82. The van der Waals surface area contributed by atoms with Gasteiger partial charge in [-0.05, 0) is 80.5 Å². The van der Waals surface area contributed by atoms with E-state index in [1.807, 2.05) is 0 Å². The van der Waals surface area contributed by atoms with Crippen molar-refractivity contribution in [2.24, 2.45) is 23.2 Å². The monoisotopic (exact) mass is 399 g/mol. The first-order valence-electron chi connectivity index (χ1n) is 11.1. The summed E-state index contributed by atoms with van der Waals surface area (Å²) in [7, 11) is 0. The van der Waals surface area contributed by atoms with Gasteiger partial charge < -0.3 is 10.2 Å². The van der Waals surface area contributed by atoms with Gasteiger partial charge in [0.15, 0.2) is 0 Å². The number of anilines is 1. The van der Waals surface area contributed by atoms with Crippen LogP contribution < -0.4 is 5.32 Å². The molecule has 0 atom stereocenters. The maximum Gasteiger partial charge on any atom is 0.238 e. The van der Waals surface area contributed by atoms with Crippen molar-refractivity contribution in [3.05, 3.63) is 30.1 Å². The van der Waals surface area contributed by atoms with Gasteiger partial charge in [0.2, 0.25) is 11.8 Å². The summed E-state index contributed by atoms with van der Waals surface area (Å²) in [6.07, 6.45) is 7.38. The number of rotatable bonds is 4. The van der Waals surface area contributed by atoms with Crippen molar-refractivity contribution in [1.82, 2.24) is 9.80 Å². The third-order valence-electron chi connectivity index (χ3n) is 7.65. The minimum absolute atomic E-state index is 0.0725. The van der Waals surface area contributed by atoms with Crippen molar-refractivity contribution in [3.63, 3.8) is 0 Å². The van der Waals surface area contributed by atoms with Crippen LogP contribution in [0.5, 0.6) is 0 Å². The van der Waals surface area contributed by atoms with Crippen LogP contribution in [0.3, 0.4) is 0 Å². The number of hydrogen-bond donors (Lipinski definition) is 1. The smallest absolute Gasteiger partial charge is 0.238 e. The lowest BCUT2D eigenvalue weighted by molar-refractivity contribution is -0.159. The van der Waals surface area contributed by atoms with Gasteiger partial charge >= 0.3 is 0 Å². The van der Waals surface area contributed by atoms with E-state index in [2.05, 4.69) is 15.1 Å². The van der Waals surface area contributed by atoms with Crippen LogP contribution in [0, 0.1) is 29.0 Å². The van der Waals surface area contributed by atoms with Crippen LogP contribution in [0.2, 0.25) is 0 Å². The van der Waals surface area contributed by atoms with Gasteiger partial charge in [-0.3, -0.25) is 14.5 Å². The molecule has 1 aromatic carbocycles. The van der Waals surface area contributed by atoms with Crippen LogP contribution in [0.1, 0.15) is 38.5 Å². The van der Waals surface area contributed by atoms with Crippen molar-refractivity contribution >= 4 is 17.5 Å². The molecule has 1 aromatic rings. The van der Waals surface area contributed by atoms with Crippen LogP contribution in [-0.4, -0.2) is 54.3 Å². The van der Waals surface area contributed by atoms with E-state index in [-0.39, 0.29) is 17.1 Å². The van der Waals surface area contributed by atoms with Gasteiger partial charge in [-0.25, -0.2) is 4.39 Å². The standard InChI is InChI=1S/C23H30FN3O2/c24-19-1-3-20(4-2-19)25-21(28)15-26-5-7-27(8-6-26)22(29)23-12-16-9-17(13-23)11-18(10-16)14-23/h1-4,16-18H,5-15H2,(H,25,28). The molecule has 6 rings (SSSR count). The highest BCUT2D eigenvalue weighted by atomic mass is 19.1. The molecule has 4 saturated carbocycles. The summed E-state index contributed by atoms with van der Waals surface area (Å²) in [6, 6.07) is 5.81. The number of benzene rings is 1. The first kappa shape index (κ1) is 19.0. The number of hydrogen-bond acceptors (Lipinski definition) is 3. The molecule has 5 aliphatic rings. The highest BCUT2D eigenvalue weighted by Crippen LogP contribution is 2.60. The van der Waals surface area contributed by atoms with Gasteiger partial charge in [-0.15, -0.1) is 0 Å². The molecule has 156 valence electrons. The summed E-state index contributed by atoms with van der Waals surface area (Å²) in [5.41, 5.74) is 0.531. The second-order valence-electron chi connectivity index (χ2n) is 9.82. The van der Waals surface area contributed by atoms with Gasteiger partial charge in [-0.1, -0.05) is 0 Å². The fraction of sp³-hybridized carbons (Fsp3) is 0.652. The molecule has 2 amide bonds. The van der Waals surface area contributed by atoms with Crippen LogP contribution in [0.4, 0.5) is 10.1 Å². The molecular weight excluding hydrogens is 369 g/mol. The second kappa shape index (κ2) is 7.38. The van der Waals surface area contributed by atoms with Gasteiger partial charge in [0, 0.05) is 31.9 Å². The predicted molar refractivity (Wildman–Crippen MR) is 109 cm³/mol. The number of carbonyl (C=O) groups excluding carboxylic acids is 2. The molecule has 0 radical (unpaired) electrons. The summed E-state index contributed by atoms with van der Waals surface area (Å²) in [4.78, 5) is 29.9. The minimum Gasteiger partial charge on any atom is -0.340 e. The zero-order chi connectivity index (χ0) is 20.0. The molecule has 6 heteroatoms. The molecule has 29 heavy (non-hydrogen) atoms. The molecule has 1 aliphatic heterocycles. The lowest BCUT2D eigenvalue weighted by atomic mass is 9.49. The molecule has 1 heterocycles. The molecule has 0 spiro atoms. The van der Waals surface area contributed by atoms with Crippen LogP contribution in [-0.2, 0) is 9.59 Å². The van der Waals surface area contributed by atoms with Crippen molar-refractivity contribution in [2.45, 2.75) is 38.5 Å². The van der Waals surface area contributed by atoms with E-state index in [1.165, 1.54) is 31.4 Å². The lowest BCUT2D eigenvalue weighted by Crippen LogP contribution is -2.58. The summed E-state index contributed by atoms with van der Waals surface area (Å²) >= 11 is 0. The maximum absolute atomic E-state index is 13.4. The average molecular weight is 400 g/mol. The number of halogens is 1. The third kappa shape index (κ3) is 3.79.